The highest BCUT2D eigenvalue weighted by Crippen LogP contribution is 2.19. The monoisotopic (exact) mass is 259 g/mol. The van der Waals surface area contributed by atoms with Gasteiger partial charge in [-0.3, -0.25) is 4.98 Å². The van der Waals surface area contributed by atoms with E-state index in [0.29, 0.717) is 19.5 Å². The van der Waals surface area contributed by atoms with Crippen LogP contribution in [0.25, 0.3) is 0 Å². The van der Waals surface area contributed by atoms with Crippen LogP contribution >= 0.6 is 0 Å². The Balaban J connectivity index is 2.16. The predicted octanol–water partition coefficient (Wildman–Crippen LogP) is 2.36. The number of hydrogen-bond donors (Lipinski definition) is 1. The fourth-order valence-electron chi connectivity index (χ4n) is 2.02. The van der Waals surface area contributed by atoms with Crippen LogP contribution in [0.2, 0.25) is 0 Å². The number of rotatable bonds is 5. The lowest BCUT2D eigenvalue weighted by Gasteiger charge is -2.20. The van der Waals surface area contributed by atoms with E-state index >= 15 is 0 Å². The molecule has 0 aliphatic carbocycles. The van der Waals surface area contributed by atoms with Crippen molar-refractivity contribution in [2.24, 2.45) is 5.73 Å². The number of benzene rings is 1. The number of pyridine rings is 1. The molecule has 19 heavy (non-hydrogen) atoms. The third-order valence-electron chi connectivity index (χ3n) is 2.96. The number of aromatic nitrogens is 1. The van der Waals surface area contributed by atoms with Crippen molar-refractivity contribution in [3.8, 4) is 0 Å². The third-order valence-corrected chi connectivity index (χ3v) is 2.96. The van der Waals surface area contributed by atoms with Crippen molar-refractivity contribution in [3.05, 3.63) is 59.7 Å². The maximum atomic E-state index is 13.6. The SMILES string of the molecule is CN(Cc1cccnc1)c1cc(F)cc(CCN)c1. The van der Waals surface area contributed by atoms with Gasteiger partial charge >= 0.3 is 0 Å². The third kappa shape index (κ3) is 3.76. The van der Waals surface area contributed by atoms with Crippen LogP contribution in [0, 0.1) is 5.82 Å². The maximum Gasteiger partial charge on any atom is 0.125 e. The van der Waals surface area contributed by atoms with Gasteiger partial charge in [-0.2, -0.15) is 0 Å². The van der Waals surface area contributed by atoms with Gasteiger partial charge in [-0.25, -0.2) is 4.39 Å². The lowest BCUT2D eigenvalue weighted by atomic mass is 10.1. The topological polar surface area (TPSA) is 42.2 Å². The molecule has 0 saturated heterocycles. The molecule has 0 unspecified atom stereocenters. The van der Waals surface area contributed by atoms with Gasteiger partial charge in [-0.15, -0.1) is 0 Å². The van der Waals surface area contributed by atoms with E-state index in [4.69, 9.17) is 5.73 Å². The average Bonchev–Trinajstić information content (AvgIpc) is 2.39. The molecule has 1 aromatic carbocycles. The van der Waals surface area contributed by atoms with Gasteiger partial charge in [-0.1, -0.05) is 6.07 Å². The van der Waals surface area contributed by atoms with Crippen LogP contribution in [0.5, 0.6) is 0 Å². The Kier molecular flexibility index (Phi) is 4.47. The first kappa shape index (κ1) is 13.5. The molecule has 2 N–H and O–H groups in total. The highest BCUT2D eigenvalue weighted by atomic mass is 19.1. The molecule has 0 amide bonds. The van der Waals surface area contributed by atoms with Gasteiger partial charge in [0.25, 0.3) is 0 Å². The van der Waals surface area contributed by atoms with Gasteiger partial charge in [0.2, 0.25) is 0 Å². The van der Waals surface area contributed by atoms with E-state index in [1.165, 1.54) is 12.1 Å². The van der Waals surface area contributed by atoms with Gasteiger partial charge in [0.1, 0.15) is 5.82 Å². The van der Waals surface area contributed by atoms with E-state index in [1.54, 1.807) is 6.20 Å². The number of anilines is 1. The molecular formula is C15H18FN3. The summed E-state index contributed by atoms with van der Waals surface area (Å²) < 4.78 is 13.6. The van der Waals surface area contributed by atoms with Crippen LogP contribution in [-0.4, -0.2) is 18.6 Å². The maximum absolute atomic E-state index is 13.6. The standard InChI is InChI=1S/C15H18FN3/c1-19(11-13-3-2-6-18-10-13)15-8-12(4-5-17)7-14(16)9-15/h2-3,6-10H,4-5,11,17H2,1H3. The summed E-state index contributed by atoms with van der Waals surface area (Å²) in [5.74, 6) is -0.223. The number of nitrogens with two attached hydrogens (primary N) is 1. The Labute approximate surface area is 112 Å². The lowest BCUT2D eigenvalue weighted by Crippen LogP contribution is -2.17. The zero-order valence-electron chi connectivity index (χ0n) is 11.0. The molecule has 0 fully saturated rings. The van der Waals surface area contributed by atoms with E-state index in [0.717, 1.165) is 16.8 Å². The Bertz CT molecular complexity index is 528. The smallest absolute Gasteiger partial charge is 0.125 e. The first-order valence-corrected chi connectivity index (χ1v) is 6.28. The molecule has 0 atom stereocenters. The quantitative estimate of drug-likeness (QED) is 0.896. The van der Waals surface area contributed by atoms with Crippen molar-refractivity contribution < 1.29 is 4.39 Å². The molecule has 2 rings (SSSR count). The fourth-order valence-corrected chi connectivity index (χ4v) is 2.02. The zero-order valence-corrected chi connectivity index (χ0v) is 11.0. The molecule has 0 aliphatic rings. The van der Waals surface area contributed by atoms with Crippen molar-refractivity contribution in [1.29, 1.82) is 0 Å². The van der Waals surface area contributed by atoms with Gasteiger partial charge in [-0.05, 0) is 48.4 Å². The molecule has 0 saturated carbocycles. The van der Waals surface area contributed by atoms with Crippen LogP contribution in [0.15, 0.2) is 42.7 Å². The minimum atomic E-state index is -0.223. The molecule has 0 bridgehead atoms. The molecule has 2 aromatic rings. The molecule has 1 aromatic heterocycles. The summed E-state index contributed by atoms with van der Waals surface area (Å²) in [5, 5.41) is 0. The largest absolute Gasteiger partial charge is 0.370 e. The summed E-state index contributed by atoms with van der Waals surface area (Å²) in [6.07, 6.45) is 4.24. The Morgan fingerprint density at radius 3 is 2.79 bits per heavy atom. The molecule has 4 heteroatoms. The minimum Gasteiger partial charge on any atom is -0.370 e. The molecule has 100 valence electrons. The number of halogens is 1. The van der Waals surface area contributed by atoms with Crippen molar-refractivity contribution >= 4 is 5.69 Å². The van der Waals surface area contributed by atoms with E-state index < -0.39 is 0 Å². The van der Waals surface area contributed by atoms with Crippen LogP contribution in [0.4, 0.5) is 10.1 Å². The summed E-state index contributed by atoms with van der Waals surface area (Å²) in [4.78, 5) is 6.08. The lowest BCUT2D eigenvalue weighted by molar-refractivity contribution is 0.624. The van der Waals surface area contributed by atoms with E-state index in [9.17, 15) is 4.39 Å². The normalized spacial score (nSPS) is 10.5. The number of nitrogens with zero attached hydrogens (tertiary/aromatic N) is 2. The van der Waals surface area contributed by atoms with Gasteiger partial charge in [0, 0.05) is 31.7 Å². The van der Waals surface area contributed by atoms with E-state index in [1.807, 2.05) is 36.3 Å². The highest BCUT2D eigenvalue weighted by Gasteiger charge is 2.06. The molecule has 0 spiro atoms. The first-order chi connectivity index (χ1) is 9.19. The highest BCUT2D eigenvalue weighted by molar-refractivity contribution is 5.49. The summed E-state index contributed by atoms with van der Waals surface area (Å²) in [6.45, 7) is 1.22. The summed E-state index contributed by atoms with van der Waals surface area (Å²) in [7, 11) is 1.94. The molecule has 3 nitrogen and oxygen atoms in total. The average molecular weight is 259 g/mol. The fraction of sp³-hybridized carbons (Fsp3) is 0.267. The van der Waals surface area contributed by atoms with Crippen molar-refractivity contribution in [3.63, 3.8) is 0 Å². The molecule has 0 aliphatic heterocycles. The van der Waals surface area contributed by atoms with Crippen LogP contribution in [0.3, 0.4) is 0 Å². The molecule has 1 heterocycles. The van der Waals surface area contributed by atoms with E-state index in [2.05, 4.69) is 4.98 Å². The Hall–Kier alpha value is -1.94. The van der Waals surface area contributed by atoms with Gasteiger partial charge in [0.15, 0.2) is 0 Å². The van der Waals surface area contributed by atoms with Gasteiger partial charge in [0.05, 0.1) is 0 Å². The first-order valence-electron chi connectivity index (χ1n) is 6.28. The van der Waals surface area contributed by atoms with Crippen LogP contribution < -0.4 is 10.6 Å². The van der Waals surface area contributed by atoms with Crippen molar-refractivity contribution in [2.45, 2.75) is 13.0 Å². The summed E-state index contributed by atoms with van der Waals surface area (Å²) in [6, 6.07) is 8.95. The molecule has 0 radical (unpaired) electrons. The predicted molar refractivity (Wildman–Crippen MR) is 75.5 cm³/mol. The van der Waals surface area contributed by atoms with E-state index in [-0.39, 0.29) is 5.82 Å². The zero-order chi connectivity index (χ0) is 13.7. The second-order valence-corrected chi connectivity index (χ2v) is 4.57. The second kappa shape index (κ2) is 6.29. The number of hydrogen-bond acceptors (Lipinski definition) is 3. The van der Waals surface area contributed by atoms with Crippen LogP contribution in [0.1, 0.15) is 11.1 Å². The van der Waals surface area contributed by atoms with Crippen molar-refractivity contribution in [2.75, 3.05) is 18.5 Å². The second-order valence-electron chi connectivity index (χ2n) is 4.57. The Morgan fingerprint density at radius 2 is 2.11 bits per heavy atom. The van der Waals surface area contributed by atoms with Crippen LogP contribution in [-0.2, 0) is 13.0 Å². The Morgan fingerprint density at radius 1 is 1.26 bits per heavy atom. The summed E-state index contributed by atoms with van der Waals surface area (Å²) >= 11 is 0. The van der Waals surface area contributed by atoms with Gasteiger partial charge < -0.3 is 10.6 Å². The molecular weight excluding hydrogens is 241 g/mol. The minimum absolute atomic E-state index is 0.223. The van der Waals surface area contributed by atoms with Crippen molar-refractivity contribution in [1.82, 2.24) is 4.98 Å². The summed E-state index contributed by atoms with van der Waals surface area (Å²) in [5.41, 5.74) is 8.39.